The van der Waals surface area contributed by atoms with Crippen molar-refractivity contribution in [3.63, 3.8) is 0 Å². The van der Waals surface area contributed by atoms with E-state index in [1.165, 1.54) is 0 Å². The molecule has 1 saturated heterocycles. The van der Waals surface area contributed by atoms with Gasteiger partial charge in [-0.25, -0.2) is 0 Å². The number of aromatic amines is 1. The number of aliphatic carboxylic acids is 1. The number of likely N-dealkylation sites (tertiary alicyclic amines) is 1. The molecule has 1 amide bonds. The Hall–Kier alpha value is -2.11. The summed E-state index contributed by atoms with van der Waals surface area (Å²) in [5.74, 6) is -0.765. The van der Waals surface area contributed by atoms with Crippen molar-refractivity contribution in [2.24, 2.45) is 5.41 Å². The number of hydrogen-bond acceptors (Lipinski definition) is 3. The molecule has 2 heterocycles. The molecule has 0 bridgehead atoms. The lowest BCUT2D eigenvalue weighted by molar-refractivity contribution is -0.151. The maximum absolute atomic E-state index is 12.7. The number of amides is 1. The molecule has 1 aliphatic rings. The Labute approximate surface area is 142 Å². The van der Waals surface area contributed by atoms with Crippen molar-refractivity contribution in [2.45, 2.75) is 52.9 Å². The van der Waals surface area contributed by atoms with Gasteiger partial charge < -0.3 is 10.0 Å². The van der Waals surface area contributed by atoms with E-state index in [9.17, 15) is 14.7 Å². The van der Waals surface area contributed by atoms with Gasteiger partial charge in [-0.15, -0.1) is 0 Å². The zero-order valence-electron chi connectivity index (χ0n) is 14.9. The number of H-pyrrole nitrogens is 1. The van der Waals surface area contributed by atoms with Gasteiger partial charge in [-0.3, -0.25) is 14.7 Å². The molecule has 2 rings (SSSR count). The van der Waals surface area contributed by atoms with E-state index >= 15 is 0 Å². The van der Waals surface area contributed by atoms with Gasteiger partial charge >= 0.3 is 5.97 Å². The molecule has 1 aromatic rings. The Kier molecular flexibility index (Phi) is 5.47. The van der Waals surface area contributed by atoms with E-state index in [1.807, 2.05) is 33.8 Å². The zero-order chi connectivity index (χ0) is 17.9. The molecule has 1 aliphatic heterocycles. The van der Waals surface area contributed by atoms with Crippen molar-refractivity contribution in [3.8, 4) is 0 Å². The highest BCUT2D eigenvalue weighted by Crippen LogP contribution is 2.35. The summed E-state index contributed by atoms with van der Waals surface area (Å²) in [4.78, 5) is 26.3. The van der Waals surface area contributed by atoms with E-state index in [1.54, 1.807) is 11.0 Å². The Morgan fingerprint density at radius 2 is 2.17 bits per heavy atom. The fourth-order valence-corrected chi connectivity index (χ4v) is 3.04. The Morgan fingerprint density at radius 1 is 1.46 bits per heavy atom. The number of nitrogens with zero attached hydrogens (tertiary/aromatic N) is 2. The Balaban J connectivity index is 2.19. The van der Waals surface area contributed by atoms with E-state index in [2.05, 4.69) is 10.2 Å². The predicted molar refractivity (Wildman–Crippen MR) is 91.9 cm³/mol. The third-order valence-electron chi connectivity index (χ3n) is 4.66. The summed E-state index contributed by atoms with van der Waals surface area (Å²) in [5, 5.41) is 16.7. The van der Waals surface area contributed by atoms with Crippen molar-refractivity contribution in [2.75, 3.05) is 13.1 Å². The molecule has 1 aromatic heterocycles. The molecule has 0 aromatic carbocycles. The lowest BCUT2D eigenvalue weighted by atomic mass is 9.76. The van der Waals surface area contributed by atoms with Gasteiger partial charge in [0.15, 0.2) is 0 Å². The third-order valence-corrected chi connectivity index (χ3v) is 4.66. The van der Waals surface area contributed by atoms with Gasteiger partial charge in [-0.2, -0.15) is 5.10 Å². The van der Waals surface area contributed by atoms with Crippen LogP contribution in [-0.4, -0.2) is 45.2 Å². The highest BCUT2D eigenvalue weighted by Gasteiger charge is 2.43. The topological polar surface area (TPSA) is 86.3 Å². The van der Waals surface area contributed by atoms with E-state index in [-0.39, 0.29) is 18.4 Å². The smallest absolute Gasteiger partial charge is 0.311 e. The van der Waals surface area contributed by atoms with Crippen LogP contribution in [0.4, 0.5) is 0 Å². The van der Waals surface area contributed by atoms with Gasteiger partial charge in [0, 0.05) is 18.8 Å². The first-order valence-corrected chi connectivity index (χ1v) is 8.46. The van der Waals surface area contributed by atoms with Crippen molar-refractivity contribution >= 4 is 11.9 Å². The summed E-state index contributed by atoms with van der Waals surface area (Å²) in [6, 6.07) is 1.76. The Morgan fingerprint density at radius 3 is 2.71 bits per heavy atom. The van der Waals surface area contributed by atoms with Crippen molar-refractivity contribution in [1.29, 1.82) is 0 Å². The zero-order valence-corrected chi connectivity index (χ0v) is 14.9. The molecule has 6 nitrogen and oxygen atoms in total. The number of hydrogen-bond donors (Lipinski definition) is 2. The second-order valence-corrected chi connectivity index (χ2v) is 7.26. The summed E-state index contributed by atoms with van der Waals surface area (Å²) in [6.07, 6.45) is 3.68. The average Bonchev–Trinajstić information content (AvgIpc) is 3.02. The standard InChI is InChI=1S/C18H27N3O3/c1-12(2)6-8-18(17(23)24)7-5-9-21(11-18)16(22)15-10-14(13(3)4)19-20-15/h6,10,13H,5,7-9,11H2,1-4H3,(H,19,20)(H,23,24)/t18-/m1/s1. The lowest BCUT2D eigenvalue weighted by Gasteiger charge is -2.39. The first kappa shape index (κ1) is 18.2. The van der Waals surface area contributed by atoms with Crippen LogP contribution < -0.4 is 0 Å². The molecule has 0 saturated carbocycles. The van der Waals surface area contributed by atoms with E-state index in [4.69, 9.17) is 0 Å². The maximum Gasteiger partial charge on any atom is 0.311 e. The van der Waals surface area contributed by atoms with Gasteiger partial charge in [-0.1, -0.05) is 25.5 Å². The molecule has 1 atom stereocenters. The largest absolute Gasteiger partial charge is 0.481 e. The fraction of sp³-hybridized carbons (Fsp3) is 0.611. The molecule has 132 valence electrons. The average molecular weight is 333 g/mol. The van der Waals surface area contributed by atoms with Crippen LogP contribution in [-0.2, 0) is 4.79 Å². The summed E-state index contributed by atoms with van der Waals surface area (Å²) in [7, 11) is 0. The highest BCUT2D eigenvalue weighted by atomic mass is 16.4. The van der Waals surface area contributed by atoms with Gasteiger partial charge in [0.2, 0.25) is 0 Å². The number of carbonyl (C=O) groups excluding carboxylic acids is 1. The van der Waals surface area contributed by atoms with E-state index in [0.29, 0.717) is 31.5 Å². The minimum Gasteiger partial charge on any atom is -0.481 e. The highest BCUT2D eigenvalue weighted by molar-refractivity contribution is 5.93. The molecule has 0 aliphatic carbocycles. The molecular weight excluding hydrogens is 306 g/mol. The lowest BCUT2D eigenvalue weighted by Crippen LogP contribution is -2.49. The summed E-state index contributed by atoms with van der Waals surface area (Å²) in [5.41, 5.74) is 1.46. The van der Waals surface area contributed by atoms with Crippen LogP contribution in [0.2, 0.25) is 0 Å². The van der Waals surface area contributed by atoms with Crippen LogP contribution in [0.1, 0.15) is 69.1 Å². The summed E-state index contributed by atoms with van der Waals surface area (Å²) < 4.78 is 0. The van der Waals surface area contributed by atoms with E-state index < -0.39 is 11.4 Å². The first-order chi connectivity index (χ1) is 11.2. The van der Waals surface area contributed by atoms with Gasteiger partial charge in [0.1, 0.15) is 5.69 Å². The van der Waals surface area contributed by atoms with Crippen LogP contribution in [0, 0.1) is 5.41 Å². The quantitative estimate of drug-likeness (QED) is 0.810. The van der Waals surface area contributed by atoms with Crippen LogP contribution in [0.25, 0.3) is 0 Å². The Bertz CT molecular complexity index is 644. The molecule has 24 heavy (non-hydrogen) atoms. The molecule has 0 radical (unpaired) electrons. The molecule has 0 unspecified atom stereocenters. The minimum atomic E-state index is -0.900. The predicted octanol–water partition coefficient (Wildman–Crippen LogP) is 3.20. The molecule has 0 spiro atoms. The number of carboxylic acids is 1. The van der Waals surface area contributed by atoms with Gasteiger partial charge in [-0.05, 0) is 45.1 Å². The summed E-state index contributed by atoms with van der Waals surface area (Å²) in [6.45, 7) is 8.77. The molecule has 1 fully saturated rings. The number of allylic oxidation sites excluding steroid dienone is 2. The van der Waals surface area contributed by atoms with Crippen LogP contribution in [0.5, 0.6) is 0 Å². The second-order valence-electron chi connectivity index (χ2n) is 7.26. The molecule has 6 heteroatoms. The minimum absolute atomic E-state index is 0.194. The summed E-state index contributed by atoms with van der Waals surface area (Å²) >= 11 is 0. The number of rotatable bonds is 5. The van der Waals surface area contributed by atoms with Gasteiger partial charge in [0.25, 0.3) is 5.91 Å². The normalized spacial score (nSPS) is 21.0. The van der Waals surface area contributed by atoms with Crippen LogP contribution in [0.3, 0.4) is 0 Å². The van der Waals surface area contributed by atoms with Crippen molar-refractivity contribution in [3.05, 3.63) is 29.1 Å². The number of aromatic nitrogens is 2. The number of carboxylic acid groups (broad SMARTS) is 1. The van der Waals surface area contributed by atoms with Crippen LogP contribution in [0.15, 0.2) is 17.7 Å². The fourth-order valence-electron chi connectivity index (χ4n) is 3.04. The monoisotopic (exact) mass is 333 g/mol. The second kappa shape index (κ2) is 7.20. The number of piperidine rings is 1. The van der Waals surface area contributed by atoms with Gasteiger partial charge in [0.05, 0.1) is 5.41 Å². The molecule has 2 N–H and O–H groups in total. The third kappa shape index (κ3) is 3.86. The number of carbonyl (C=O) groups is 2. The van der Waals surface area contributed by atoms with Crippen molar-refractivity contribution < 1.29 is 14.7 Å². The number of nitrogens with one attached hydrogen (secondary N) is 1. The SMILES string of the molecule is CC(C)=CC[C@]1(C(=O)O)CCCN(C(=O)c2cc(C(C)C)[nH]n2)C1. The van der Waals surface area contributed by atoms with E-state index in [0.717, 1.165) is 11.3 Å². The first-order valence-electron chi connectivity index (χ1n) is 8.46. The maximum atomic E-state index is 12.7. The molecular formula is C18H27N3O3. The van der Waals surface area contributed by atoms with Crippen LogP contribution >= 0.6 is 0 Å². The van der Waals surface area contributed by atoms with Crippen molar-refractivity contribution in [1.82, 2.24) is 15.1 Å².